The zero-order valence-electron chi connectivity index (χ0n) is 23.1. The molecule has 0 aliphatic heterocycles. The van der Waals surface area contributed by atoms with Crippen LogP contribution in [0.25, 0.3) is 0 Å². The fraction of sp³-hybridized carbons (Fsp3) is 0.188. The Hall–Kier alpha value is -0.226. The number of phenols is 2. The van der Waals surface area contributed by atoms with Crippen molar-refractivity contribution in [2.75, 3.05) is 27.2 Å². The van der Waals surface area contributed by atoms with Crippen molar-refractivity contribution in [2.45, 2.75) is 13.1 Å². The van der Waals surface area contributed by atoms with E-state index in [1.54, 1.807) is 0 Å². The summed E-state index contributed by atoms with van der Waals surface area (Å²) in [5, 5.41) is 20.5. The molecule has 214 valence electrons. The molecule has 0 amide bonds. The van der Waals surface area contributed by atoms with Crippen molar-refractivity contribution < 1.29 is 31.9 Å². The van der Waals surface area contributed by atoms with Crippen molar-refractivity contribution in [3.8, 4) is 11.5 Å². The summed E-state index contributed by atoms with van der Waals surface area (Å²) in [6, 6.07) is 27.8. The zero-order valence-corrected chi connectivity index (χ0v) is 33.3. The van der Waals surface area contributed by atoms with Crippen LogP contribution in [0.1, 0.15) is 22.3 Å². The van der Waals surface area contributed by atoms with E-state index in [1.807, 2.05) is 84.9 Å². The van der Waals surface area contributed by atoms with Crippen LogP contribution >= 0.6 is 90.4 Å². The van der Waals surface area contributed by atoms with Gasteiger partial charge in [0.1, 0.15) is 11.5 Å². The molecule has 4 rings (SSSR count). The molecule has 2 N–H and O–H groups in total. The summed E-state index contributed by atoms with van der Waals surface area (Å²) in [4.78, 5) is 4.41. The van der Waals surface area contributed by atoms with E-state index in [-0.39, 0.29) is 21.7 Å². The summed E-state index contributed by atoms with van der Waals surface area (Å²) in [5.74, 6) is 0.758. The number of aromatic hydroxyl groups is 2. The first-order chi connectivity index (χ1) is 19.0. The summed E-state index contributed by atoms with van der Waals surface area (Å²) in [6.07, 6.45) is 0. The summed E-state index contributed by atoms with van der Waals surface area (Å²) >= 11 is 8.90. The van der Waals surface area contributed by atoms with Gasteiger partial charge in [0.2, 0.25) is 0 Å². The van der Waals surface area contributed by atoms with Crippen LogP contribution < -0.4 is 0 Å². The van der Waals surface area contributed by atoms with Crippen molar-refractivity contribution >= 4 is 90.4 Å². The molecule has 0 saturated heterocycles. The first kappa shape index (κ1) is 38.8. The molecule has 4 aromatic rings. The number of phenolic OH excluding ortho intramolecular Hbond substituents is 2. The first-order valence-corrected chi connectivity index (χ1v) is 16.7. The van der Waals surface area contributed by atoms with E-state index < -0.39 is 0 Å². The molecular weight excluding hydrogens is 1000 g/mol. The van der Waals surface area contributed by atoms with Gasteiger partial charge >= 0.3 is 21.7 Å². The maximum atomic E-state index is 10.2. The molecule has 0 atom stereocenters. The van der Waals surface area contributed by atoms with Crippen LogP contribution in [0.4, 0.5) is 0 Å². The second kappa shape index (κ2) is 20.7. The summed E-state index contributed by atoms with van der Waals surface area (Å²) in [6.45, 7) is 10.6. The summed E-state index contributed by atoms with van der Waals surface area (Å²) in [7, 11) is 4.12. The molecular formula is C32H34I4N2O2Ti+2. The molecule has 0 aliphatic carbocycles. The Labute approximate surface area is 315 Å². The monoisotopic (exact) mass is 1030 g/mol. The fourth-order valence-electron chi connectivity index (χ4n) is 3.52. The average Bonchev–Trinajstić information content (AvgIpc) is 2.90. The van der Waals surface area contributed by atoms with Gasteiger partial charge in [-0.25, -0.2) is 0 Å². The largest absolute Gasteiger partial charge is 4.00 e. The number of likely N-dealkylation sites (N-methyl/N-ethyl adjacent to an activating group) is 2. The number of hydrogen-bond donors (Lipinski definition) is 2. The minimum atomic E-state index is 0. The van der Waals surface area contributed by atoms with Crippen LogP contribution in [-0.2, 0) is 34.8 Å². The van der Waals surface area contributed by atoms with Crippen molar-refractivity contribution in [1.29, 1.82) is 0 Å². The molecule has 0 radical (unpaired) electrons. The third kappa shape index (κ3) is 15.4. The Morgan fingerprint density at radius 3 is 1.17 bits per heavy atom. The van der Waals surface area contributed by atoms with Crippen LogP contribution in [0.15, 0.2) is 84.9 Å². The molecule has 0 aliphatic rings. The molecule has 0 bridgehead atoms. The Morgan fingerprint density at radius 1 is 0.585 bits per heavy atom. The van der Waals surface area contributed by atoms with Crippen LogP contribution in [0.3, 0.4) is 0 Å². The maximum Gasteiger partial charge on any atom is 4.00 e. The van der Waals surface area contributed by atoms with Gasteiger partial charge in [-0.2, -0.15) is 49.2 Å². The topological polar surface area (TPSA) is 46.9 Å². The van der Waals surface area contributed by atoms with Gasteiger partial charge in [0.25, 0.3) is 0 Å². The summed E-state index contributed by atoms with van der Waals surface area (Å²) < 4.78 is 4.04. The van der Waals surface area contributed by atoms with Gasteiger partial charge in [-0.05, 0) is 129 Å². The maximum absolute atomic E-state index is 10.2. The molecule has 4 aromatic carbocycles. The Kier molecular flexibility index (Phi) is 19.6. The molecule has 0 unspecified atom stereocenters. The van der Waals surface area contributed by atoms with Gasteiger partial charge < -0.3 is 20.0 Å². The number of halogens is 4. The van der Waals surface area contributed by atoms with Gasteiger partial charge in [-0.3, -0.25) is 0 Å². The minimum Gasteiger partial charge on any atom is -0.507 e. The molecule has 0 fully saturated rings. The van der Waals surface area contributed by atoms with Crippen molar-refractivity contribution in [2.24, 2.45) is 0 Å². The minimum absolute atomic E-state index is 0. The van der Waals surface area contributed by atoms with E-state index in [2.05, 4.69) is 128 Å². The molecule has 41 heavy (non-hydrogen) atoms. The van der Waals surface area contributed by atoms with Crippen molar-refractivity contribution in [3.05, 3.63) is 135 Å². The second-order valence-electron chi connectivity index (χ2n) is 9.24. The van der Waals surface area contributed by atoms with Crippen molar-refractivity contribution in [3.63, 3.8) is 0 Å². The van der Waals surface area contributed by atoms with E-state index in [1.165, 1.54) is 0 Å². The van der Waals surface area contributed by atoms with Gasteiger partial charge in [0, 0.05) is 44.4 Å². The van der Waals surface area contributed by atoms with Crippen LogP contribution in [-0.4, -0.2) is 47.2 Å². The smallest absolute Gasteiger partial charge is 0.507 e. The van der Waals surface area contributed by atoms with E-state index in [0.29, 0.717) is 24.6 Å². The second-order valence-corrected chi connectivity index (χ2v) is 14.1. The molecule has 0 aromatic heterocycles. The van der Waals surface area contributed by atoms with Gasteiger partial charge in [0.05, 0.1) is 7.14 Å². The normalized spacial score (nSPS) is 10.2. The zero-order chi connectivity index (χ0) is 29.7. The number of hydrogen-bond acceptors (Lipinski definition) is 4. The van der Waals surface area contributed by atoms with Gasteiger partial charge in [0.15, 0.2) is 0 Å². The van der Waals surface area contributed by atoms with Crippen LogP contribution in [0.2, 0.25) is 0 Å². The Morgan fingerprint density at radius 2 is 0.902 bits per heavy atom. The quantitative estimate of drug-likeness (QED) is 0.111. The predicted molar refractivity (Wildman–Crippen MR) is 202 cm³/mol. The van der Waals surface area contributed by atoms with Crippen LogP contribution in [0.5, 0.6) is 11.5 Å². The number of rotatable bonds is 7. The molecule has 9 heteroatoms. The van der Waals surface area contributed by atoms with Crippen LogP contribution in [0, 0.1) is 28.1 Å². The van der Waals surface area contributed by atoms with Gasteiger partial charge in [-0.1, -0.05) is 12.1 Å². The number of nitrogens with zero attached hydrogens (tertiary/aromatic N) is 2. The molecule has 4 nitrogen and oxygen atoms in total. The third-order valence-corrected chi connectivity index (χ3v) is 8.53. The molecule has 0 saturated carbocycles. The van der Waals surface area contributed by atoms with Gasteiger partial charge in [-0.15, -0.1) is 24.3 Å². The molecule has 0 spiro atoms. The standard InChI is InChI=1S/C18H20I4N2O2.2C7H7.Ti/c1-23(9-11-5-13(19)7-15(21)17(11)25)3-4-24(2)10-12-6-14(20)8-16(22)18(12)26;2*1-7-5-3-2-4-6-7;/h5-8,25-26H,3-4,9-10H2,1-2H3;2*2-6H,1H2;/q;2*-1;+4. The predicted octanol–water partition coefficient (Wildman–Crippen LogP) is 8.82. The SMILES string of the molecule is CN(CCN(C)Cc1cc(I)cc(I)c1O)Cc1cc(I)cc(I)c1O.[CH2-]c1ccccc1.[CH2-]c1ccccc1.[Ti+4]. The van der Waals surface area contributed by atoms with Crippen molar-refractivity contribution in [1.82, 2.24) is 9.80 Å². The fourth-order valence-corrected chi connectivity index (χ4v) is 7.45. The van der Waals surface area contributed by atoms with E-state index >= 15 is 0 Å². The number of benzene rings is 4. The average molecular weight is 1030 g/mol. The van der Waals surface area contributed by atoms with E-state index in [4.69, 9.17) is 0 Å². The third-order valence-electron chi connectivity index (χ3n) is 5.64. The molecule has 0 heterocycles. The summed E-state index contributed by atoms with van der Waals surface area (Å²) in [5.41, 5.74) is 4.05. The first-order valence-electron chi connectivity index (χ1n) is 12.4. The Bertz CT molecular complexity index is 1230. The van der Waals surface area contributed by atoms with E-state index in [9.17, 15) is 10.2 Å². The van der Waals surface area contributed by atoms with E-state index in [0.717, 1.165) is 49.6 Å². The Balaban J connectivity index is 0.000000453.